The molecule has 1 N–H and O–H groups in total. The maximum absolute atomic E-state index is 13.4. The number of carbonyl (C=O) groups excluding carboxylic acids is 2. The minimum absolute atomic E-state index is 0.0952. The van der Waals surface area contributed by atoms with Crippen molar-refractivity contribution in [3.8, 4) is 5.75 Å². The van der Waals surface area contributed by atoms with Crippen molar-refractivity contribution >= 4 is 21.8 Å². The van der Waals surface area contributed by atoms with Gasteiger partial charge in [0.15, 0.2) is 6.61 Å². The number of rotatable bonds is 12. The van der Waals surface area contributed by atoms with E-state index in [0.29, 0.717) is 50.1 Å². The van der Waals surface area contributed by atoms with Crippen LogP contribution in [-0.2, 0) is 30.9 Å². The van der Waals surface area contributed by atoms with E-state index < -0.39 is 27.8 Å². The van der Waals surface area contributed by atoms with E-state index in [0.717, 1.165) is 6.42 Å². The molecule has 208 valence electrons. The molecule has 0 radical (unpaired) electrons. The normalized spacial score (nSPS) is 15.2. The number of sulfonamides is 1. The number of nitrogens with zero attached hydrogens (tertiary/aromatic N) is 2. The van der Waals surface area contributed by atoms with Crippen LogP contribution in [0.5, 0.6) is 5.75 Å². The minimum Gasteiger partial charge on any atom is -0.484 e. The SMILES string of the molecule is CC(C)CCNC(=O)C(C)N(Cc1ccc(F)cc1)C(=O)COc1ccc(S(=O)(=O)N2CCOCC2)cc1. The van der Waals surface area contributed by atoms with Crippen LogP contribution in [0.3, 0.4) is 0 Å². The summed E-state index contributed by atoms with van der Waals surface area (Å²) in [6.07, 6.45) is 0.810. The Morgan fingerprint density at radius 2 is 1.68 bits per heavy atom. The van der Waals surface area contributed by atoms with Crippen LogP contribution in [0.4, 0.5) is 4.39 Å². The second kappa shape index (κ2) is 13.7. The molecule has 0 bridgehead atoms. The van der Waals surface area contributed by atoms with E-state index >= 15 is 0 Å². The van der Waals surface area contributed by atoms with Crippen LogP contribution in [0.1, 0.15) is 32.8 Å². The lowest BCUT2D eigenvalue weighted by atomic mass is 10.1. The predicted octanol–water partition coefficient (Wildman–Crippen LogP) is 2.81. The molecule has 0 spiro atoms. The highest BCUT2D eigenvalue weighted by Crippen LogP contribution is 2.21. The van der Waals surface area contributed by atoms with Gasteiger partial charge in [0.05, 0.1) is 18.1 Å². The molecule has 2 aromatic rings. The second-order valence-corrected chi connectivity index (χ2v) is 11.5. The van der Waals surface area contributed by atoms with E-state index in [-0.39, 0.29) is 24.0 Å². The molecular formula is C27H36FN3O6S. The average molecular weight is 550 g/mol. The Hall–Kier alpha value is -3.02. The minimum atomic E-state index is -3.64. The van der Waals surface area contributed by atoms with Crippen LogP contribution in [0.15, 0.2) is 53.4 Å². The number of hydrogen-bond donors (Lipinski definition) is 1. The number of ether oxygens (including phenoxy) is 2. The third kappa shape index (κ3) is 8.24. The van der Waals surface area contributed by atoms with Crippen molar-refractivity contribution in [3.63, 3.8) is 0 Å². The predicted molar refractivity (Wildman–Crippen MR) is 140 cm³/mol. The first kappa shape index (κ1) is 29.5. The van der Waals surface area contributed by atoms with Gasteiger partial charge in [-0.15, -0.1) is 0 Å². The lowest BCUT2D eigenvalue weighted by molar-refractivity contribution is -0.142. The Morgan fingerprint density at radius 1 is 1.05 bits per heavy atom. The van der Waals surface area contributed by atoms with Gasteiger partial charge in [0.25, 0.3) is 5.91 Å². The zero-order valence-corrected chi connectivity index (χ0v) is 22.9. The van der Waals surface area contributed by atoms with Gasteiger partial charge >= 0.3 is 0 Å². The van der Waals surface area contributed by atoms with Gasteiger partial charge in [0.2, 0.25) is 15.9 Å². The fourth-order valence-electron chi connectivity index (χ4n) is 3.87. The molecule has 0 saturated carbocycles. The number of carbonyl (C=O) groups is 2. The maximum Gasteiger partial charge on any atom is 0.261 e. The molecule has 9 nitrogen and oxygen atoms in total. The van der Waals surface area contributed by atoms with E-state index in [9.17, 15) is 22.4 Å². The van der Waals surface area contributed by atoms with Crippen LogP contribution < -0.4 is 10.1 Å². The fourth-order valence-corrected chi connectivity index (χ4v) is 5.28. The number of hydrogen-bond acceptors (Lipinski definition) is 6. The third-order valence-corrected chi connectivity index (χ3v) is 8.16. The Morgan fingerprint density at radius 3 is 2.29 bits per heavy atom. The number of halogens is 1. The molecule has 1 unspecified atom stereocenters. The summed E-state index contributed by atoms with van der Waals surface area (Å²) in [7, 11) is -3.64. The van der Waals surface area contributed by atoms with Gasteiger partial charge in [0, 0.05) is 26.2 Å². The largest absolute Gasteiger partial charge is 0.484 e. The number of amides is 2. The monoisotopic (exact) mass is 549 g/mol. The molecule has 3 rings (SSSR count). The summed E-state index contributed by atoms with van der Waals surface area (Å²) in [5.74, 6) is -0.389. The Bertz CT molecular complexity index is 1170. The van der Waals surface area contributed by atoms with Crippen molar-refractivity contribution < 1.29 is 31.9 Å². The van der Waals surface area contributed by atoms with Gasteiger partial charge < -0.3 is 19.7 Å². The standard InChI is InChI=1S/C27H36FN3O6S/c1-20(2)12-13-29-27(33)21(3)31(18-22-4-6-23(28)7-5-22)26(32)19-37-24-8-10-25(11-9-24)38(34,35)30-14-16-36-17-15-30/h4-11,20-21H,12-19H2,1-3H3,(H,29,33). The van der Waals surface area contributed by atoms with Crippen molar-refractivity contribution in [2.75, 3.05) is 39.5 Å². The third-order valence-electron chi connectivity index (χ3n) is 6.25. The summed E-state index contributed by atoms with van der Waals surface area (Å²) < 4.78 is 51.2. The highest BCUT2D eigenvalue weighted by atomic mass is 32.2. The molecule has 1 fully saturated rings. The van der Waals surface area contributed by atoms with Crippen LogP contribution in [0.2, 0.25) is 0 Å². The molecule has 1 saturated heterocycles. The molecule has 1 atom stereocenters. The molecule has 2 amide bonds. The Kier molecular flexibility index (Phi) is 10.6. The van der Waals surface area contributed by atoms with Gasteiger partial charge in [-0.05, 0) is 61.2 Å². The van der Waals surface area contributed by atoms with Crippen molar-refractivity contribution in [2.24, 2.45) is 5.92 Å². The fraction of sp³-hybridized carbons (Fsp3) is 0.481. The highest BCUT2D eigenvalue weighted by molar-refractivity contribution is 7.89. The van der Waals surface area contributed by atoms with Crippen molar-refractivity contribution in [1.82, 2.24) is 14.5 Å². The van der Waals surface area contributed by atoms with Gasteiger partial charge in [0.1, 0.15) is 17.6 Å². The molecular weight excluding hydrogens is 513 g/mol. The van der Waals surface area contributed by atoms with Gasteiger partial charge in [-0.25, -0.2) is 12.8 Å². The average Bonchev–Trinajstić information content (AvgIpc) is 2.91. The first-order valence-electron chi connectivity index (χ1n) is 12.7. The number of benzene rings is 2. The van der Waals surface area contributed by atoms with Crippen LogP contribution >= 0.6 is 0 Å². The Balaban J connectivity index is 1.66. The molecule has 38 heavy (non-hydrogen) atoms. The summed E-state index contributed by atoms with van der Waals surface area (Å²) >= 11 is 0. The van der Waals surface area contributed by atoms with E-state index in [4.69, 9.17) is 9.47 Å². The summed E-state index contributed by atoms with van der Waals surface area (Å²) in [5, 5.41) is 2.86. The molecule has 0 aromatic heterocycles. The number of nitrogens with one attached hydrogen (secondary N) is 1. The van der Waals surface area contributed by atoms with Crippen molar-refractivity contribution in [2.45, 2.75) is 44.7 Å². The lowest BCUT2D eigenvalue weighted by Crippen LogP contribution is -2.49. The van der Waals surface area contributed by atoms with E-state index in [1.807, 2.05) is 0 Å². The summed E-state index contributed by atoms with van der Waals surface area (Å²) in [6, 6.07) is 10.8. The summed E-state index contributed by atoms with van der Waals surface area (Å²) in [4.78, 5) is 27.5. The van der Waals surface area contributed by atoms with Crippen LogP contribution in [-0.4, -0.2) is 74.9 Å². The van der Waals surface area contributed by atoms with Crippen molar-refractivity contribution in [1.29, 1.82) is 0 Å². The first-order chi connectivity index (χ1) is 18.1. The smallest absolute Gasteiger partial charge is 0.261 e. The molecule has 1 aliphatic rings. The van der Waals surface area contributed by atoms with E-state index in [1.165, 1.54) is 45.6 Å². The molecule has 0 aliphatic carbocycles. The zero-order chi connectivity index (χ0) is 27.7. The van der Waals surface area contributed by atoms with Gasteiger partial charge in [-0.3, -0.25) is 9.59 Å². The van der Waals surface area contributed by atoms with Crippen molar-refractivity contribution in [3.05, 3.63) is 59.9 Å². The maximum atomic E-state index is 13.4. The molecule has 11 heteroatoms. The quantitative estimate of drug-likeness (QED) is 0.437. The van der Waals surface area contributed by atoms with Crippen LogP contribution in [0.25, 0.3) is 0 Å². The second-order valence-electron chi connectivity index (χ2n) is 9.57. The molecule has 1 aliphatic heterocycles. The summed E-state index contributed by atoms with van der Waals surface area (Å²) in [5.41, 5.74) is 0.666. The molecule has 1 heterocycles. The first-order valence-corrected chi connectivity index (χ1v) is 14.1. The summed E-state index contributed by atoms with van der Waals surface area (Å²) in [6.45, 7) is 7.27. The molecule has 2 aromatic carbocycles. The van der Waals surface area contributed by atoms with Gasteiger partial charge in [-0.2, -0.15) is 4.31 Å². The van der Waals surface area contributed by atoms with E-state index in [2.05, 4.69) is 19.2 Å². The number of morpholine rings is 1. The zero-order valence-electron chi connectivity index (χ0n) is 22.1. The highest BCUT2D eigenvalue weighted by Gasteiger charge is 2.28. The topological polar surface area (TPSA) is 105 Å². The van der Waals surface area contributed by atoms with Gasteiger partial charge in [-0.1, -0.05) is 26.0 Å². The van der Waals surface area contributed by atoms with E-state index in [1.54, 1.807) is 19.1 Å². The Labute approximate surface area is 224 Å². The lowest BCUT2D eigenvalue weighted by Gasteiger charge is -2.29. The van der Waals surface area contributed by atoms with Crippen LogP contribution in [0, 0.1) is 11.7 Å².